The molecule has 30 heavy (non-hydrogen) atoms. The van der Waals surface area contributed by atoms with Crippen LogP contribution >= 0.6 is 0 Å². The van der Waals surface area contributed by atoms with Crippen LogP contribution in [0.15, 0.2) is 42.5 Å². The molecule has 4 nitrogen and oxygen atoms in total. The summed E-state index contributed by atoms with van der Waals surface area (Å²) in [5, 5.41) is 0. The molecule has 0 radical (unpaired) electrons. The van der Waals surface area contributed by atoms with Crippen LogP contribution < -0.4 is 4.90 Å². The molecule has 2 atom stereocenters. The smallest absolute Gasteiger partial charge is 0.338 e. The Morgan fingerprint density at radius 2 is 1.80 bits per heavy atom. The van der Waals surface area contributed by atoms with Gasteiger partial charge in [-0.1, -0.05) is 30.3 Å². The van der Waals surface area contributed by atoms with Crippen molar-refractivity contribution in [3.63, 3.8) is 0 Å². The lowest BCUT2D eigenvalue weighted by Crippen LogP contribution is -2.53. The normalized spacial score (nSPS) is 22.0. The molecular weight excluding hydrogens is 379 g/mol. The quantitative estimate of drug-likeness (QED) is 0.612. The summed E-state index contributed by atoms with van der Waals surface area (Å²) in [5.41, 5.74) is 3.19. The molecule has 0 amide bonds. The average molecular weight is 413 g/mol. The minimum Gasteiger partial charge on any atom is -0.465 e. The van der Waals surface area contributed by atoms with E-state index in [9.17, 15) is 9.18 Å². The number of hydrogen-bond acceptors (Lipinski definition) is 4. The highest BCUT2D eigenvalue weighted by atomic mass is 19.1. The van der Waals surface area contributed by atoms with Gasteiger partial charge in [-0.15, -0.1) is 0 Å². The number of nitrogens with zero attached hydrogens (tertiary/aromatic N) is 2. The number of methoxy groups -OCH3 is 1. The molecule has 1 fully saturated rings. The summed E-state index contributed by atoms with van der Waals surface area (Å²) >= 11 is 0. The van der Waals surface area contributed by atoms with Gasteiger partial charge in [-0.05, 0) is 63.8 Å². The summed E-state index contributed by atoms with van der Waals surface area (Å²) in [6.07, 6.45) is 1.99. The largest absolute Gasteiger partial charge is 0.465 e. The number of likely N-dealkylation sites (tertiary alicyclic amines) is 1. The van der Waals surface area contributed by atoms with Crippen LogP contribution in [0.25, 0.3) is 0 Å². The van der Waals surface area contributed by atoms with Crippen molar-refractivity contribution in [2.24, 2.45) is 0 Å². The molecule has 0 spiro atoms. The molecule has 1 aliphatic heterocycles. The van der Waals surface area contributed by atoms with Crippen molar-refractivity contribution < 1.29 is 13.9 Å². The van der Waals surface area contributed by atoms with Gasteiger partial charge in [0.25, 0.3) is 0 Å². The molecule has 0 bridgehead atoms. The van der Waals surface area contributed by atoms with Gasteiger partial charge >= 0.3 is 5.97 Å². The SMILES string of the molecule is CCN(c1cc(F)cc(C(=O)OC)c1C)C1CC(C)N(Cc2ccccc2)C(C)C1. The van der Waals surface area contributed by atoms with E-state index in [1.807, 2.05) is 13.0 Å². The Labute approximate surface area is 179 Å². The summed E-state index contributed by atoms with van der Waals surface area (Å²) in [5.74, 6) is -0.902. The molecule has 0 saturated carbocycles. The maximum atomic E-state index is 14.4. The highest BCUT2D eigenvalue weighted by Gasteiger charge is 2.34. The first-order valence-electron chi connectivity index (χ1n) is 10.8. The second-order valence-corrected chi connectivity index (χ2v) is 8.36. The van der Waals surface area contributed by atoms with E-state index >= 15 is 0 Å². The zero-order valence-electron chi connectivity index (χ0n) is 18.7. The number of anilines is 1. The first kappa shape index (κ1) is 22.3. The number of carbonyl (C=O) groups excluding carboxylic acids is 1. The first-order chi connectivity index (χ1) is 14.3. The molecule has 3 rings (SSSR count). The third-order valence-electron chi connectivity index (χ3n) is 6.41. The van der Waals surface area contributed by atoms with Gasteiger partial charge in [0.05, 0.1) is 12.7 Å². The van der Waals surface area contributed by atoms with Gasteiger partial charge < -0.3 is 9.64 Å². The summed E-state index contributed by atoms with van der Waals surface area (Å²) < 4.78 is 19.2. The minimum absolute atomic E-state index is 0.290. The minimum atomic E-state index is -0.497. The maximum absolute atomic E-state index is 14.4. The summed E-state index contributed by atoms with van der Waals surface area (Å²) in [6, 6.07) is 14.5. The molecule has 2 aromatic rings. The van der Waals surface area contributed by atoms with Crippen LogP contribution in [0.1, 0.15) is 55.1 Å². The van der Waals surface area contributed by atoms with Crippen LogP contribution in [0.5, 0.6) is 0 Å². The van der Waals surface area contributed by atoms with E-state index in [-0.39, 0.29) is 6.04 Å². The Hall–Kier alpha value is -2.40. The second-order valence-electron chi connectivity index (χ2n) is 8.36. The van der Waals surface area contributed by atoms with Crippen molar-refractivity contribution in [2.75, 3.05) is 18.6 Å². The van der Waals surface area contributed by atoms with Crippen LogP contribution in [-0.4, -0.2) is 42.6 Å². The highest BCUT2D eigenvalue weighted by Crippen LogP contribution is 2.34. The molecule has 0 aliphatic carbocycles. The number of halogens is 1. The lowest BCUT2D eigenvalue weighted by Gasteiger charge is -2.47. The fraction of sp³-hybridized carbons (Fsp3) is 0.480. The van der Waals surface area contributed by atoms with Crippen molar-refractivity contribution in [2.45, 2.75) is 65.2 Å². The van der Waals surface area contributed by atoms with E-state index in [0.29, 0.717) is 17.6 Å². The number of esters is 1. The van der Waals surface area contributed by atoms with Crippen LogP contribution in [0, 0.1) is 12.7 Å². The Morgan fingerprint density at radius 3 is 2.37 bits per heavy atom. The number of piperidine rings is 1. The van der Waals surface area contributed by atoms with Gasteiger partial charge in [-0.3, -0.25) is 4.90 Å². The summed E-state index contributed by atoms with van der Waals surface area (Å²) in [6.45, 7) is 10.2. The topological polar surface area (TPSA) is 32.8 Å². The molecule has 162 valence electrons. The van der Waals surface area contributed by atoms with Gasteiger partial charge in [-0.25, -0.2) is 9.18 Å². The van der Waals surface area contributed by atoms with Gasteiger partial charge in [0.15, 0.2) is 0 Å². The van der Waals surface area contributed by atoms with Crippen molar-refractivity contribution in [1.82, 2.24) is 4.90 Å². The maximum Gasteiger partial charge on any atom is 0.338 e. The third kappa shape index (κ3) is 4.67. The second kappa shape index (κ2) is 9.61. The molecule has 2 unspecified atom stereocenters. The zero-order valence-corrected chi connectivity index (χ0v) is 18.7. The fourth-order valence-corrected chi connectivity index (χ4v) is 4.86. The van der Waals surface area contributed by atoms with E-state index in [1.165, 1.54) is 18.7 Å². The number of rotatable bonds is 6. The van der Waals surface area contributed by atoms with Crippen molar-refractivity contribution in [3.8, 4) is 0 Å². The van der Waals surface area contributed by atoms with Crippen molar-refractivity contribution in [3.05, 3.63) is 65.0 Å². The fourth-order valence-electron chi connectivity index (χ4n) is 4.86. The highest BCUT2D eigenvalue weighted by molar-refractivity contribution is 5.92. The van der Waals surface area contributed by atoms with Crippen molar-refractivity contribution >= 4 is 11.7 Å². The van der Waals surface area contributed by atoms with Crippen LogP contribution in [0.3, 0.4) is 0 Å². The molecule has 1 saturated heterocycles. The number of ether oxygens (including phenoxy) is 1. The summed E-state index contributed by atoms with van der Waals surface area (Å²) in [7, 11) is 1.33. The Bertz CT molecular complexity index is 859. The predicted molar refractivity (Wildman–Crippen MR) is 119 cm³/mol. The van der Waals surface area contributed by atoms with Gasteiger partial charge in [-0.2, -0.15) is 0 Å². The predicted octanol–water partition coefficient (Wildman–Crippen LogP) is 5.19. The van der Waals surface area contributed by atoms with E-state index in [4.69, 9.17) is 4.74 Å². The molecule has 0 N–H and O–H groups in total. The summed E-state index contributed by atoms with van der Waals surface area (Å²) in [4.78, 5) is 16.9. The Morgan fingerprint density at radius 1 is 1.17 bits per heavy atom. The van der Waals surface area contributed by atoms with E-state index < -0.39 is 11.8 Å². The van der Waals surface area contributed by atoms with Gasteiger partial charge in [0.2, 0.25) is 0 Å². The molecule has 1 aliphatic rings. The molecule has 2 aromatic carbocycles. The van der Waals surface area contributed by atoms with Crippen LogP contribution in [0.2, 0.25) is 0 Å². The van der Waals surface area contributed by atoms with Gasteiger partial charge in [0, 0.05) is 36.9 Å². The van der Waals surface area contributed by atoms with Gasteiger partial charge in [0.1, 0.15) is 5.82 Å². The number of hydrogen-bond donors (Lipinski definition) is 0. The van der Waals surface area contributed by atoms with E-state index in [0.717, 1.165) is 37.2 Å². The number of carbonyl (C=O) groups is 1. The van der Waals surface area contributed by atoms with Crippen LogP contribution in [0.4, 0.5) is 10.1 Å². The Kier molecular flexibility index (Phi) is 7.14. The molecule has 0 aromatic heterocycles. The van der Waals surface area contributed by atoms with E-state index in [1.54, 1.807) is 6.07 Å². The molecular formula is C25H33FN2O2. The Balaban J connectivity index is 1.83. The molecule has 5 heteroatoms. The average Bonchev–Trinajstić information content (AvgIpc) is 2.73. The third-order valence-corrected chi connectivity index (χ3v) is 6.41. The number of benzene rings is 2. The lowest BCUT2D eigenvalue weighted by atomic mass is 9.90. The zero-order chi connectivity index (χ0) is 21.8. The molecule has 1 heterocycles. The monoisotopic (exact) mass is 412 g/mol. The van der Waals surface area contributed by atoms with Crippen molar-refractivity contribution in [1.29, 1.82) is 0 Å². The standard InChI is InChI=1S/C25H33FN2O2/c1-6-27(24-15-21(26)14-23(19(24)4)25(29)30-5)22-12-17(2)28(18(3)13-22)16-20-10-8-7-9-11-20/h7-11,14-15,17-18,22H,6,12-13,16H2,1-5H3. The van der Waals surface area contributed by atoms with Crippen LogP contribution in [-0.2, 0) is 11.3 Å². The first-order valence-corrected chi connectivity index (χ1v) is 10.8. The lowest BCUT2D eigenvalue weighted by molar-refractivity contribution is 0.0599. The van der Waals surface area contributed by atoms with E-state index in [2.05, 4.69) is 54.8 Å².